The molecule has 5 rings (SSSR count). The Bertz CT molecular complexity index is 1520. The second kappa shape index (κ2) is 10.2. The first-order valence-electron chi connectivity index (χ1n) is 12.1. The summed E-state index contributed by atoms with van der Waals surface area (Å²) in [5.41, 5.74) is 6.42. The monoisotopic (exact) mass is 497 g/mol. The average molecular weight is 498 g/mol. The predicted octanol–water partition coefficient (Wildman–Crippen LogP) is 4.28. The number of carbonyl (C=O) groups is 1. The van der Waals surface area contributed by atoms with Gasteiger partial charge in [-0.25, -0.2) is 4.99 Å². The zero-order valence-electron chi connectivity index (χ0n) is 20.4. The fraction of sp³-hybridized carbons (Fsp3) is 0.214. The molecule has 188 valence electrons. The van der Waals surface area contributed by atoms with Crippen LogP contribution in [0.2, 0.25) is 0 Å². The van der Waals surface area contributed by atoms with Gasteiger partial charge in [0.05, 0.1) is 21.9 Å². The molecular formula is C28H27N5O4. The van der Waals surface area contributed by atoms with Crippen LogP contribution in [-0.2, 0) is 24.2 Å². The van der Waals surface area contributed by atoms with Crippen LogP contribution in [0.3, 0.4) is 0 Å². The number of H-pyrrole nitrogens is 1. The summed E-state index contributed by atoms with van der Waals surface area (Å²) in [7, 11) is 0. The van der Waals surface area contributed by atoms with Crippen molar-refractivity contribution >= 4 is 33.9 Å². The molecule has 0 atom stereocenters. The van der Waals surface area contributed by atoms with Crippen LogP contribution in [0.15, 0.2) is 65.7 Å². The van der Waals surface area contributed by atoms with Gasteiger partial charge in [0.25, 0.3) is 5.69 Å². The first-order chi connectivity index (χ1) is 17.9. The van der Waals surface area contributed by atoms with E-state index in [1.807, 2.05) is 30.3 Å². The first-order valence-corrected chi connectivity index (χ1v) is 12.1. The van der Waals surface area contributed by atoms with Crippen LogP contribution >= 0.6 is 0 Å². The van der Waals surface area contributed by atoms with Crippen molar-refractivity contribution in [2.75, 3.05) is 13.1 Å². The van der Waals surface area contributed by atoms with Gasteiger partial charge in [0.15, 0.2) is 5.88 Å². The Labute approximate surface area is 213 Å². The van der Waals surface area contributed by atoms with Gasteiger partial charge in [0.2, 0.25) is 5.91 Å². The Hall–Kier alpha value is -4.50. The number of nitrogens with zero attached hydrogens (tertiary/aromatic N) is 2. The molecule has 0 saturated heterocycles. The second-order valence-electron chi connectivity index (χ2n) is 9.11. The van der Waals surface area contributed by atoms with E-state index < -0.39 is 4.92 Å². The average Bonchev–Trinajstić information content (AvgIpc) is 3.22. The molecule has 0 bridgehead atoms. The number of nitrogens with one attached hydrogen (secondary N) is 3. The fourth-order valence-electron chi connectivity index (χ4n) is 4.66. The molecule has 0 aliphatic carbocycles. The van der Waals surface area contributed by atoms with E-state index in [9.17, 15) is 20.0 Å². The van der Waals surface area contributed by atoms with Gasteiger partial charge in [0.1, 0.15) is 0 Å². The van der Waals surface area contributed by atoms with E-state index in [1.54, 1.807) is 6.07 Å². The van der Waals surface area contributed by atoms with Gasteiger partial charge >= 0.3 is 0 Å². The number of aromatic nitrogens is 1. The minimum absolute atomic E-state index is 0.0679. The third kappa shape index (κ3) is 5.22. The van der Waals surface area contributed by atoms with E-state index in [1.165, 1.54) is 30.2 Å². The van der Waals surface area contributed by atoms with E-state index in [0.717, 1.165) is 36.3 Å². The lowest BCUT2D eigenvalue weighted by atomic mass is 9.98. The largest absolute Gasteiger partial charge is 0.494 e. The smallest absolute Gasteiger partial charge is 0.270 e. The summed E-state index contributed by atoms with van der Waals surface area (Å²) >= 11 is 0. The molecule has 0 unspecified atom stereocenters. The number of hydrogen-bond acceptors (Lipinski definition) is 6. The Morgan fingerprint density at radius 3 is 2.68 bits per heavy atom. The number of aromatic amines is 1. The van der Waals surface area contributed by atoms with Gasteiger partial charge in [-0.3, -0.25) is 14.9 Å². The number of benzene rings is 3. The van der Waals surface area contributed by atoms with Crippen LogP contribution in [0.1, 0.15) is 34.7 Å². The number of aromatic hydroxyl groups is 1. The summed E-state index contributed by atoms with van der Waals surface area (Å²) in [5, 5.41) is 29.1. The molecular weight excluding hydrogens is 470 g/mol. The van der Waals surface area contributed by atoms with Gasteiger partial charge in [-0.2, -0.15) is 0 Å². The fourth-order valence-corrected chi connectivity index (χ4v) is 4.66. The number of aliphatic imine (C=N–C) groups is 1. The summed E-state index contributed by atoms with van der Waals surface area (Å²) < 4.78 is 0. The standard InChI is InChI=1S/C28H27N5O4/c1-17(34)30-13-10-18-2-4-19(5-3-18)27(31-22-7-6-21-16-29-12-11-20(21)14-22)26-24-15-23(33(36)37)8-9-25(24)32-28(26)35/h2-9,14-15,29,32,35H,10-13,16H2,1H3,(H,30,34). The summed E-state index contributed by atoms with van der Waals surface area (Å²) in [6.45, 7) is 3.74. The molecule has 2 heterocycles. The number of nitro groups is 1. The van der Waals surface area contributed by atoms with Crippen molar-refractivity contribution in [3.63, 3.8) is 0 Å². The van der Waals surface area contributed by atoms with E-state index in [2.05, 4.69) is 27.8 Å². The van der Waals surface area contributed by atoms with E-state index in [4.69, 9.17) is 4.99 Å². The van der Waals surface area contributed by atoms with Gasteiger partial charge in [-0.05, 0) is 54.3 Å². The quantitative estimate of drug-likeness (QED) is 0.172. The van der Waals surface area contributed by atoms with Gasteiger partial charge in [0, 0.05) is 48.6 Å². The summed E-state index contributed by atoms with van der Waals surface area (Å²) in [5.74, 6) is -0.179. The Morgan fingerprint density at radius 2 is 1.92 bits per heavy atom. The van der Waals surface area contributed by atoms with Crippen molar-refractivity contribution in [1.29, 1.82) is 0 Å². The van der Waals surface area contributed by atoms with Crippen molar-refractivity contribution in [2.45, 2.75) is 26.3 Å². The molecule has 0 spiro atoms. The Balaban J connectivity index is 1.62. The lowest BCUT2D eigenvalue weighted by Gasteiger charge is -2.17. The second-order valence-corrected chi connectivity index (χ2v) is 9.11. The highest BCUT2D eigenvalue weighted by Crippen LogP contribution is 2.34. The summed E-state index contributed by atoms with van der Waals surface area (Å²) in [6.07, 6.45) is 1.58. The van der Waals surface area contributed by atoms with Crippen LogP contribution in [0, 0.1) is 10.1 Å². The zero-order valence-corrected chi connectivity index (χ0v) is 20.4. The molecule has 0 saturated carbocycles. The van der Waals surface area contributed by atoms with Crippen LogP contribution in [0.25, 0.3) is 10.9 Å². The molecule has 3 aromatic carbocycles. The third-order valence-electron chi connectivity index (χ3n) is 6.54. The molecule has 0 fully saturated rings. The van der Waals surface area contributed by atoms with Crippen molar-refractivity contribution in [1.82, 2.24) is 15.6 Å². The number of carbonyl (C=O) groups excluding carboxylic acids is 1. The molecule has 4 aromatic rings. The molecule has 1 aliphatic heterocycles. The number of amides is 1. The van der Waals surface area contributed by atoms with E-state index in [-0.39, 0.29) is 17.5 Å². The highest BCUT2D eigenvalue weighted by atomic mass is 16.6. The van der Waals surface area contributed by atoms with E-state index >= 15 is 0 Å². The molecule has 4 N–H and O–H groups in total. The van der Waals surface area contributed by atoms with Crippen LogP contribution in [0.5, 0.6) is 5.88 Å². The van der Waals surface area contributed by atoms with Gasteiger partial charge < -0.3 is 20.7 Å². The topological polar surface area (TPSA) is 133 Å². The number of non-ortho nitro benzene ring substituents is 1. The van der Waals surface area contributed by atoms with Crippen LogP contribution in [-0.4, -0.2) is 39.7 Å². The number of nitro benzene ring substituents is 1. The minimum Gasteiger partial charge on any atom is -0.494 e. The van der Waals surface area contributed by atoms with Crippen molar-refractivity contribution in [3.8, 4) is 5.88 Å². The first kappa shape index (κ1) is 24.2. The van der Waals surface area contributed by atoms with Crippen LogP contribution < -0.4 is 10.6 Å². The highest BCUT2D eigenvalue weighted by molar-refractivity contribution is 6.22. The van der Waals surface area contributed by atoms with Crippen molar-refractivity contribution in [2.24, 2.45) is 4.99 Å². The maximum Gasteiger partial charge on any atom is 0.270 e. The molecule has 9 heteroatoms. The molecule has 9 nitrogen and oxygen atoms in total. The molecule has 1 aromatic heterocycles. The van der Waals surface area contributed by atoms with Gasteiger partial charge in [-0.15, -0.1) is 0 Å². The van der Waals surface area contributed by atoms with Crippen molar-refractivity contribution < 1.29 is 14.8 Å². The third-order valence-corrected chi connectivity index (χ3v) is 6.54. The zero-order chi connectivity index (χ0) is 25.9. The predicted molar refractivity (Wildman–Crippen MR) is 143 cm³/mol. The molecule has 37 heavy (non-hydrogen) atoms. The van der Waals surface area contributed by atoms with E-state index in [0.29, 0.717) is 35.1 Å². The minimum atomic E-state index is -0.453. The summed E-state index contributed by atoms with van der Waals surface area (Å²) in [6, 6.07) is 18.3. The molecule has 0 radical (unpaired) electrons. The maximum atomic E-state index is 11.5. The number of hydrogen-bond donors (Lipinski definition) is 4. The Kier molecular flexibility index (Phi) is 6.70. The SMILES string of the molecule is CC(=O)NCCc1ccc(C(=Nc2ccc3c(c2)CCNC3)c2c(O)[nH]c3ccc([N+](=O)[O-])cc23)cc1. The molecule has 1 aliphatic rings. The van der Waals surface area contributed by atoms with Crippen LogP contribution in [0.4, 0.5) is 11.4 Å². The van der Waals surface area contributed by atoms with Crippen molar-refractivity contribution in [3.05, 3.63) is 98.6 Å². The maximum absolute atomic E-state index is 11.5. The number of rotatable bonds is 7. The normalized spacial score (nSPS) is 13.4. The molecule has 1 amide bonds. The van der Waals surface area contributed by atoms with Gasteiger partial charge in [-0.1, -0.05) is 30.3 Å². The number of fused-ring (bicyclic) bond motifs is 2. The lowest BCUT2D eigenvalue weighted by molar-refractivity contribution is -0.384. The highest BCUT2D eigenvalue weighted by Gasteiger charge is 2.21. The summed E-state index contributed by atoms with van der Waals surface area (Å²) in [4.78, 5) is 30.1. The Morgan fingerprint density at radius 1 is 1.11 bits per heavy atom. The lowest BCUT2D eigenvalue weighted by Crippen LogP contribution is -2.23.